The first kappa shape index (κ1) is 10.0. The van der Waals surface area contributed by atoms with E-state index in [4.69, 9.17) is 4.74 Å². The van der Waals surface area contributed by atoms with Crippen LogP contribution in [0.4, 0.5) is 4.39 Å². The lowest BCUT2D eigenvalue weighted by molar-refractivity contribution is 0.250. The normalized spacial score (nSPS) is 12.5. The van der Waals surface area contributed by atoms with Crippen LogP contribution in [0, 0.1) is 12.2 Å². The summed E-state index contributed by atoms with van der Waals surface area (Å²) in [5, 5.41) is 0. The van der Waals surface area contributed by atoms with E-state index in [-0.39, 0.29) is 11.9 Å². The zero-order valence-electron chi connectivity index (χ0n) is 7.96. The highest BCUT2D eigenvalue weighted by molar-refractivity contribution is 5.22. The fraction of sp³-hybridized carbons (Fsp3) is 0.364. The van der Waals surface area contributed by atoms with E-state index in [2.05, 4.69) is 13.3 Å². The summed E-state index contributed by atoms with van der Waals surface area (Å²) in [6.07, 6.45) is 3.11. The summed E-state index contributed by atoms with van der Waals surface area (Å²) in [5.41, 5.74) is 0. The van der Waals surface area contributed by atoms with Crippen LogP contribution in [0.5, 0.6) is 5.75 Å². The van der Waals surface area contributed by atoms with Crippen molar-refractivity contribution in [3.05, 3.63) is 36.5 Å². The van der Waals surface area contributed by atoms with Crippen LogP contribution in [0.15, 0.2) is 24.3 Å². The molecule has 1 rings (SSSR count). The van der Waals surface area contributed by atoms with Crippen LogP contribution in [0.3, 0.4) is 0 Å². The van der Waals surface area contributed by atoms with Crippen LogP contribution in [0.2, 0.25) is 0 Å². The number of hydrogen-bond acceptors (Lipinski definition) is 1. The Morgan fingerprint density at radius 2 is 2.00 bits per heavy atom. The van der Waals surface area contributed by atoms with E-state index in [1.54, 1.807) is 12.1 Å². The van der Waals surface area contributed by atoms with Crippen LogP contribution in [0.1, 0.15) is 20.3 Å². The van der Waals surface area contributed by atoms with Crippen LogP contribution in [-0.4, -0.2) is 6.10 Å². The molecule has 0 heterocycles. The quantitative estimate of drug-likeness (QED) is 0.693. The lowest BCUT2D eigenvalue weighted by Crippen LogP contribution is -2.11. The van der Waals surface area contributed by atoms with Gasteiger partial charge in [-0.15, -0.1) is 0 Å². The van der Waals surface area contributed by atoms with Gasteiger partial charge in [0.05, 0.1) is 6.10 Å². The van der Waals surface area contributed by atoms with Crippen molar-refractivity contribution in [2.24, 2.45) is 0 Å². The Morgan fingerprint density at radius 1 is 1.38 bits per heavy atom. The van der Waals surface area contributed by atoms with Crippen molar-refractivity contribution < 1.29 is 9.13 Å². The van der Waals surface area contributed by atoms with Gasteiger partial charge in [-0.1, -0.05) is 6.92 Å². The molecule has 0 bridgehead atoms. The lowest BCUT2D eigenvalue weighted by Gasteiger charge is -2.12. The number of ether oxygens (including phenoxy) is 1. The molecule has 1 radical (unpaired) electrons. The zero-order chi connectivity index (χ0) is 9.68. The van der Waals surface area contributed by atoms with Gasteiger partial charge < -0.3 is 4.74 Å². The third kappa shape index (κ3) is 3.45. The molecule has 1 aromatic carbocycles. The smallest absolute Gasteiger partial charge is 0.123 e. The second kappa shape index (κ2) is 4.85. The second-order valence-corrected chi connectivity index (χ2v) is 2.92. The van der Waals surface area contributed by atoms with E-state index in [1.165, 1.54) is 12.1 Å². The molecular formula is C11H14FO. The molecular weight excluding hydrogens is 167 g/mol. The summed E-state index contributed by atoms with van der Waals surface area (Å²) >= 11 is 0. The molecule has 0 fully saturated rings. The van der Waals surface area contributed by atoms with Crippen molar-refractivity contribution in [3.8, 4) is 5.75 Å². The summed E-state index contributed by atoms with van der Waals surface area (Å²) in [7, 11) is 0. The van der Waals surface area contributed by atoms with E-state index in [1.807, 2.05) is 6.92 Å². The SMILES string of the molecule is CC[CH]C(C)Oc1ccc(F)cc1. The maximum atomic E-state index is 12.5. The maximum absolute atomic E-state index is 12.5. The Labute approximate surface area is 78.5 Å². The fourth-order valence-corrected chi connectivity index (χ4v) is 1.11. The summed E-state index contributed by atoms with van der Waals surface area (Å²) in [6, 6.07) is 6.06. The van der Waals surface area contributed by atoms with Gasteiger partial charge in [0, 0.05) is 6.42 Å². The zero-order valence-corrected chi connectivity index (χ0v) is 7.96. The van der Waals surface area contributed by atoms with Gasteiger partial charge in [-0.2, -0.15) is 0 Å². The second-order valence-electron chi connectivity index (χ2n) is 2.92. The van der Waals surface area contributed by atoms with Gasteiger partial charge in [0.1, 0.15) is 11.6 Å². The molecule has 0 aliphatic heterocycles. The number of halogens is 1. The summed E-state index contributed by atoms with van der Waals surface area (Å²) in [4.78, 5) is 0. The van der Waals surface area contributed by atoms with Gasteiger partial charge in [-0.25, -0.2) is 4.39 Å². The molecule has 0 amide bonds. The van der Waals surface area contributed by atoms with Gasteiger partial charge in [-0.3, -0.25) is 0 Å². The Morgan fingerprint density at radius 3 is 2.54 bits per heavy atom. The van der Waals surface area contributed by atoms with Gasteiger partial charge in [0.15, 0.2) is 0 Å². The molecule has 13 heavy (non-hydrogen) atoms. The van der Waals surface area contributed by atoms with E-state index < -0.39 is 0 Å². The largest absolute Gasteiger partial charge is 0.490 e. The lowest BCUT2D eigenvalue weighted by atomic mass is 10.2. The van der Waals surface area contributed by atoms with Gasteiger partial charge >= 0.3 is 0 Å². The minimum absolute atomic E-state index is 0.0791. The third-order valence-electron chi connectivity index (χ3n) is 1.70. The van der Waals surface area contributed by atoms with Crippen LogP contribution < -0.4 is 4.74 Å². The molecule has 0 spiro atoms. The van der Waals surface area contributed by atoms with Crippen molar-refractivity contribution in [1.29, 1.82) is 0 Å². The Bertz CT molecular complexity index is 243. The van der Waals surface area contributed by atoms with Crippen molar-refractivity contribution in [2.45, 2.75) is 26.4 Å². The Kier molecular flexibility index (Phi) is 3.74. The van der Waals surface area contributed by atoms with E-state index >= 15 is 0 Å². The predicted molar refractivity (Wildman–Crippen MR) is 51.1 cm³/mol. The minimum atomic E-state index is -0.237. The summed E-state index contributed by atoms with van der Waals surface area (Å²) in [6.45, 7) is 4.03. The van der Waals surface area contributed by atoms with Gasteiger partial charge in [0.25, 0.3) is 0 Å². The van der Waals surface area contributed by atoms with Gasteiger partial charge in [0.2, 0.25) is 0 Å². The monoisotopic (exact) mass is 181 g/mol. The molecule has 2 heteroatoms. The standard InChI is InChI=1S/C11H14FO/c1-3-4-9(2)13-11-7-5-10(12)6-8-11/h4-9H,3H2,1-2H3. The fourth-order valence-electron chi connectivity index (χ4n) is 1.11. The number of benzene rings is 1. The van der Waals surface area contributed by atoms with Crippen LogP contribution >= 0.6 is 0 Å². The van der Waals surface area contributed by atoms with Gasteiger partial charge in [-0.05, 0) is 37.6 Å². The Hall–Kier alpha value is -1.05. The van der Waals surface area contributed by atoms with Crippen molar-refractivity contribution >= 4 is 0 Å². The Balaban J connectivity index is 2.49. The van der Waals surface area contributed by atoms with E-state index in [0.29, 0.717) is 5.75 Å². The molecule has 0 saturated heterocycles. The highest BCUT2D eigenvalue weighted by Crippen LogP contribution is 2.14. The van der Waals surface area contributed by atoms with Crippen molar-refractivity contribution in [1.82, 2.24) is 0 Å². The number of rotatable bonds is 4. The molecule has 1 aromatic rings. The molecule has 0 aromatic heterocycles. The first-order valence-electron chi connectivity index (χ1n) is 4.48. The average molecular weight is 181 g/mol. The molecule has 0 N–H and O–H groups in total. The highest BCUT2D eigenvalue weighted by Gasteiger charge is 2.02. The molecule has 1 nitrogen and oxygen atoms in total. The predicted octanol–water partition coefficient (Wildman–Crippen LogP) is 3.21. The first-order chi connectivity index (χ1) is 6.22. The molecule has 1 unspecified atom stereocenters. The topological polar surface area (TPSA) is 9.23 Å². The molecule has 0 aliphatic carbocycles. The molecule has 0 aliphatic rings. The van der Waals surface area contributed by atoms with Crippen LogP contribution in [0.25, 0.3) is 0 Å². The molecule has 0 saturated carbocycles. The van der Waals surface area contributed by atoms with Crippen molar-refractivity contribution in [3.63, 3.8) is 0 Å². The minimum Gasteiger partial charge on any atom is -0.490 e. The summed E-state index contributed by atoms with van der Waals surface area (Å²) in [5.74, 6) is 0.470. The first-order valence-corrected chi connectivity index (χ1v) is 4.48. The average Bonchev–Trinajstić information content (AvgIpc) is 2.09. The summed E-state index contributed by atoms with van der Waals surface area (Å²) < 4.78 is 18.0. The van der Waals surface area contributed by atoms with Crippen molar-refractivity contribution in [2.75, 3.05) is 0 Å². The molecule has 71 valence electrons. The van der Waals surface area contributed by atoms with E-state index in [9.17, 15) is 4.39 Å². The van der Waals surface area contributed by atoms with E-state index in [0.717, 1.165) is 6.42 Å². The number of hydrogen-bond donors (Lipinski definition) is 0. The highest BCUT2D eigenvalue weighted by atomic mass is 19.1. The maximum Gasteiger partial charge on any atom is 0.123 e. The van der Waals surface area contributed by atoms with Crippen LogP contribution in [-0.2, 0) is 0 Å². The molecule has 1 atom stereocenters. The third-order valence-corrected chi connectivity index (χ3v) is 1.70.